The van der Waals surface area contributed by atoms with Crippen LogP contribution in [0.3, 0.4) is 0 Å². The van der Waals surface area contributed by atoms with Crippen molar-refractivity contribution in [3.05, 3.63) is 47.3 Å². The van der Waals surface area contributed by atoms with E-state index in [1.807, 2.05) is 35.2 Å². The summed E-state index contributed by atoms with van der Waals surface area (Å²) in [6, 6.07) is 9.88. The lowest BCUT2D eigenvalue weighted by atomic mass is 9.98. The minimum atomic E-state index is 0.0822. The van der Waals surface area contributed by atoms with Gasteiger partial charge in [0, 0.05) is 30.3 Å². The van der Waals surface area contributed by atoms with Crippen molar-refractivity contribution in [3.8, 4) is 5.75 Å². The summed E-state index contributed by atoms with van der Waals surface area (Å²) in [5.74, 6) is 1.36. The van der Waals surface area contributed by atoms with Gasteiger partial charge in [0.05, 0.1) is 6.61 Å². The molecule has 2 aromatic rings. The number of rotatable bonds is 4. The maximum atomic E-state index is 12.8. The van der Waals surface area contributed by atoms with Gasteiger partial charge in [0.2, 0.25) is 0 Å². The molecule has 1 fully saturated rings. The number of amides is 1. The van der Waals surface area contributed by atoms with Crippen LogP contribution in [0.15, 0.2) is 30.3 Å². The molecule has 0 bridgehead atoms. The van der Waals surface area contributed by atoms with Crippen molar-refractivity contribution in [2.45, 2.75) is 32.1 Å². The molecule has 0 radical (unpaired) electrons. The molecule has 1 atom stereocenters. The van der Waals surface area contributed by atoms with Crippen molar-refractivity contribution in [3.63, 3.8) is 0 Å². The molecule has 2 heterocycles. The van der Waals surface area contributed by atoms with E-state index in [-0.39, 0.29) is 5.91 Å². The van der Waals surface area contributed by atoms with Crippen LogP contribution < -0.4 is 4.74 Å². The third-order valence-corrected chi connectivity index (χ3v) is 5.04. The maximum Gasteiger partial charge on any atom is 0.274 e. The van der Waals surface area contributed by atoms with E-state index in [1.54, 1.807) is 0 Å². The van der Waals surface area contributed by atoms with Gasteiger partial charge in [-0.25, -0.2) is 0 Å². The summed E-state index contributed by atoms with van der Waals surface area (Å²) in [7, 11) is 0. The number of carbonyl (C=O) groups is 1. The van der Waals surface area contributed by atoms with Crippen LogP contribution in [0.5, 0.6) is 5.75 Å². The van der Waals surface area contributed by atoms with Gasteiger partial charge < -0.3 is 9.64 Å². The molecule has 0 spiro atoms. The summed E-state index contributed by atoms with van der Waals surface area (Å²) in [6.07, 6.45) is 5.25. The first-order valence-corrected chi connectivity index (χ1v) is 8.84. The molecule has 126 valence electrons. The van der Waals surface area contributed by atoms with Crippen molar-refractivity contribution in [2.24, 2.45) is 5.92 Å². The largest absolute Gasteiger partial charge is 0.493 e. The summed E-state index contributed by atoms with van der Waals surface area (Å²) < 4.78 is 5.88. The van der Waals surface area contributed by atoms with Crippen molar-refractivity contribution in [1.82, 2.24) is 15.1 Å². The molecule has 1 aliphatic carbocycles. The van der Waals surface area contributed by atoms with Crippen LogP contribution in [0.25, 0.3) is 0 Å². The molecular weight excluding hydrogens is 302 g/mol. The Balaban J connectivity index is 1.38. The van der Waals surface area contributed by atoms with Gasteiger partial charge in [0.1, 0.15) is 5.75 Å². The van der Waals surface area contributed by atoms with Crippen molar-refractivity contribution < 1.29 is 9.53 Å². The molecule has 1 saturated heterocycles. The number of aromatic amines is 1. The second kappa shape index (κ2) is 6.67. The quantitative estimate of drug-likeness (QED) is 0.940. The van der Waals surface area contributed by atoms with E-state index in [1.165, 1.54) is 0 Å². The Morgan fingerprint density at radius 3 is 3.00 bits per heavy atom. The zero-order valence-electron chi connectivity index (χ0n) is 13.8. The number of nitrogens with zero attached hydrogens (tertiary/aromatic N) is 2. The van der Waals surface area contributed by atoms with Crippen LogP contribution in [0.4, 0.5) is 0 Å². The topological polar surface area (TPSA) is 58.2 Å². The summed E-state index contributed by atoms with van der Waals surface area (Å²) in [5.41, 5.74) is 2.94. The van der Waals surface area contributed by atoms with Crippen LogP contribution in [0.1, 0.15) is 41.0 Å². The minimum absolute atomic E-state index is 0.0822. The lowest BCUT2D eigenvalue weighted by Crippen LogP contribution is -2.42. The number of nitrogens with one attached hydrogen (secondary N) is 1. The van der Waals surface area contributed by atoms with Crippen LogP contribution in [-0.4, -0.2) is 40.7 Å². The van der Waals surface area contributed by atoms with Crippen LogP contribution in [-0.2, 0) is 12.8 Å². The third kappa shape index (κ3) is 3.03. The number of benzene rings is 1. The lowest BCUT2D eigenvalue weighted by molar-refractivity contribution is 0.0626. The number of aromatic nitrogens is 2. The standard InChI is InChI=1S/C19H23N3O2/c23-19(18-16-9-4-10-17(16)20-21-18)22-11-5-6-14(12-22)13-24-15-7-2-1-3-8-15/h1-3,7-8,14H,4-6,9-13H2,(H,20,21)/t14-/m0/s1. The molecule has 4 rings (SSSR count). The first-order valence-electron chi connectivity index (χ1n) is 8.84. The number of likely N-dealkylation sites (tertiary alicyclic amines) is 1. The van der Waals surface area contributed by atoms with Gasteiger partial charge in [-0.2, -0.15) is 5.10 Å². The zero-order valence-corrected chi connectivity index (χ0v) is 13.8. The highest BCUT2D eigenvalue weighted by atomic mass is 16.5. The zero-order chi connectivity index (χ0) is 16.4. The molecule has 24 heavy (non-hydrogen) atoms. The molecule has 1 aromatic heterocycles. The van der Waals surface area contributed by atoms with Gasteiger partial charge in [0.15, 0.2) is 5.69 Å². The highest BCUT2D eigenvalue weighted by Crippen LogP contribution is 2.26. The van der Waals surface area contributed by atoms with Crippen LogP contribution in [0.2, 0.25) is 0 Å². The summed E-state index contributed by atoms with van der Waals surface area (Å²) in [6.45, 7) is 2.24. The van der Waals surface area contributed by atoms with E-state index >= 15 is 0 Å². The molecule has 0 saturated carbocycles. The normalized spacial score (nSPS) is 20.0. The van der Waals surface area contributed by atoms with E-state index in [9.17, 15) is 4.79 Å². The smallest absolute Gasteiger partial charge is 0.274 e. The minimum Gasteiger partial charge on any atom is -0.493 e. The number of fused-ring (bicyclic) bond motifs is 1. The summed E-state index contributed by atoms with van der Waals surface area (Å²) in [4.78, 5) is 14.8. The average molecular weight is 325 g/mol. The van der Waals surface area contributed by atoms with Crippen LogP contribution >= 0.6 is 0 Å². The summed E-state index contributed by atoms with van der Waals surface area (Å²) in [5, 5.41) is 7.33. The maximum absolute atomic E-state index is 12.8. The number of hydrogen-bond acceptors (Lipinski definition) is 3. The Morgan fingerprint density at radius 2 is 2.12 bits per heavy atom. The lowest BCUT2D eigenvalue weighted by Gasteiger charge is -2.32. The van der Waals surface area contributed by atoms with E-state index in [0.717, 1.165) is 62.2 Å². The molecule has 2 aliphatic rings. The second-order valence-corrected chi connectivity index (χ2v) is 6.77. The summed E-state index contributed by atoms with van der Waals surface area (Å²) >= 11 is 0. The van der Waals surface area contributed by atoms with Gasteiger partial charge in [-0.1, -0.05) is 18.2 Å². The van der Waals surface area contributed by atoms with Gasteiger partial charge in [0.25, 0.3) is 5.91 Å². The number of carbonyl (C=O) groups excluding carboxylic acids is 1. The molecule has 0 unspecified atom stereocenters. The molecule has 1 N–H and O–H groups in total. The predicted octanol–water partition coefficient (Wildman–Crippen LogP) is 2.83. The molecule has 1 aliphatic heterocycles. The first kappa shape index (κ1) is 15.2. The molecule has 1 aromatic carbocycles. The van der Waals surface area contributed by atoms with Gasteiger partial charge in [-0.3, -0.25) is 9.89 Å². The second-order valence-electron chi connectivity index (χ2n) is 6.77. The third-order valence-electron chi connectivity index (χ3n) is 5.04. The Morgan fingerprint density at radius 1 is 1.25 bits per heavy atom. The molecule has 1 amide bonds. The SMILES string of the molecule is O=C(c1n[nH]c2c1CCC2)N1CCC[C@H](COc2ccccc2)C1. The Bertz CT molecular complexity index is 711. The highest BCUT2D eigenvalue weighted by Gasteiger charge is 2.30. The van der Waals surface area contributed by atoms with E-state index in [0.29, 0.717) is 18.2 Å². The fourth-order valence-corrected chi connectivity index (χ4v) is 3.76. The number of piperidine rings is 1. The molecular formula is C19H23N3O2. The first-order chi connectivity index (χ1) is 11.8. The van der Waals surface area contributed by atoms with Crippen molar-refractivity contribution in [1.29, 1.82) is 0 Å². The number of H-pyrrole nitrogens is 1. The van der Waals surface area contributed by atoms with Gasteiger partial charge in [-0.15, -0.1) is 0 Å². The Kier molecular flexibility index (Phi) is 4.24. The predicted molar refractivity (Wildman–Crippen MR) is 91.2 cm³/mol. The van der Waals surface area contributed by atoms with Gasteiger partial charge >= 0.3 is 0 Å². The molecule has 5 heteroatoms. The fraction of sp³-hybridized carbons (Fsp3) is 0.474. The van der Waals surface area contributed by atoms with Crippen molar-refractivity contribution >= 4 is 5.91 Å². The van der Waals surface area contributed by atoms with Gasteiger partial charge in [-0.05, 0) is 44.2 Å². The number of para-hydroxylation sites is 1. The fourth-order valence-electron chi connectivity index (χ4n) is 3.76. The monoisotopic (exact) mass is 325 g/mol. The van der Waals surface area contributed by atoms with E-state index in [4.69, 9.17) is 4.74 Å². The number of aryl methyl sites for hydroxylation is 1. The van der Waals surface area contributed by atoms with E-state index in [2.05, 4.69) is 10.2 Å². The Hall–Kier alpha value is -2.30. The average Bonchev–Trinajstić information content (AvgIpc) is 3.24. The van der Waals surface area contributed by atoms with E-state index < -0.39 is 0 Å². The van der Waals surface area contributed by atoms with Crippen molar-refractivity contribution in [2.75, 3.05) is 19.7 Å². The highest BCUT2D eigenvalue weighted by molar-refractivity contribution is 5.94. The van der Waals surface area contributed by atoms with Crippen LogP contribution in [0, 0.1) is 5.92 Å². The number of ether oxygens (including phenoxy) is 1. The molecule has 5 nitrogen and oxygen atoms in total. The number of hydrogen-bond donors (Lipinski definition) is 1. The Labute approximate surface area is 142 Å².